The number of alkyl halides is 2. The number of nitrogens with two attached hydrogens (primary N) is 20. The molecule has 20 nitrogen and oxygen atoms in total. The number of aryl methyl sites for hydroxylation is 1. The summed E-state index contributed by atoms with van der Waals surface area (Å²) < 4.78 is 0.904. The summed E-state index contributed by atoms with van der Waals surface area (Å²) in [6.45, 7) is 0. The SMILES string of the molecule is Nc1c(N)c(N)c(CCc2cc(-c3c(N)c(N)c(N)c(N)c3N)c(C[I-]Cc3c(N)c(N)c(N)c(N)c3N)cc2-c2c(N)c(N)c(N)c(N)c2N)c(N)c1N. The van der Waals surface area contributed by atoms with Crippen molar-refractivity contribution < 1.29 is 21.2 Å². The van der Waals surface area contributed by atoms with Gasteiger partial charge in [-0.2, -0.15) is 0 Å². The van der Waals surface area contributed by atoms with Gasteiger partial charge >= 0.3 is 328 Å². The van der Waals surface area contributed by atoms with E-state index in [1.165, 1.54) is 0 Å². The van der Waals surface area contributed by atoms with E-state index in [1.807, 2.05) is 12.1 Å². The zero-order valence-electron chi connectivity index (χ0n) is 29.9. The van der Waals surface area contributed by atoms with Gasteiger partial charge in [0, 0.05) is 0 Å². The summed E-state index contributed by atoms with van der Waals surface area (Å²) in [7, 11) is 0. The molecule has 0 atom stereocenters. The third-order valence-electron chi connectivity index (χ3n) is 10.00. The van der Waals surface area contributed by atoms with Crippen molar-refractivity contribution in [3.63, 3.8) is 0 Å². The fraction of sp³-hybridized carbons (Fsp3) is 0.118. The molecule has 0 saturated carbocycles. The van der Waals surface area contributed by atoms with Gasteiger partial charge in [-0.1, -0.05) is 0 Å². The fourth-order valence-corrected chi connectivity index (χ4v) is 9.32. The zero-order chi connectivity index (χ0) is 41.1. The first-order chi connectivity index (χ1) is 25.6. The van der Waals surface area contributed by atoms with Crippen LogP contribution in [0.2, 0.25) is 0 Å². The van der Waals surface area contributed by atoms with E-state index < -0.39 is 21.2 Å². The van der Waals surface area contributed by atoms with Gasteiger partial charge in [0.05, 0.1) is 0 Å². The number of hydrogen-bond donors (Lipinski definition) is 20. The van der Waals surface area contributed by atoms with Crippen molar-refractivity contribution in [2.45, 2.75) is 21.7 Å². The molecule has 0 amide bonds. The average molecular weight is 866 g/mol. The average Bonchev–Trinajstić information content (AvgIpc) is 3.16. The van der Waals surface area contributed by atoms with Gasteiger partial charge in [0.25, 0.3) is 0 Å². The molecule has 0 radical (unpaired) electrons. The van der Waals surface area contributed by atoms with Gasteiger partial charge in [-0.05, 0) is 0 Å². The molecule has 0 unspecified atom stereocenters. The number of halogens is 1. The van der Waals surface area contributed by atoms with Crippen LogP contribution in [0.15, 0.2) is 12.1 Å². The van der Waals surface area contributed by atoms with E-state index in [0.717, 1.165) is 5.56 Å². The quantitative estimate of drug-likeness (QED) is 0.0405. The van der Waals surface area contributed by atoms with Crippen molar-refractivity contribution in [3.8, 4) is 22.3 Å². The normalized spacial score (nSPS) is 11.3. The Morgan fingerprint density at radius 2 is 0.545 bits per heavy atom. The zero-order valence-corrected chi connectivity index (χ0v) is 32.1. The van der Waals surface area contributed by atoms with Crippen LogP contribution >= 0.6 is 0 Å². The van der Waals surface area contributed by atoms with E-state index >= 15 is 0 Å². The van der Waals surface area contributed by atoms with E-state index in [4.69, 9.17) is 115 Å². The Kier molecular flexibility index (Phi) is 9.94. The van der Waals surface area contributed by atoms with E-state index in [0.29, 0.717) is 47.8 Å². The molecule has 0 saturated heterocycles. The van der Waals surface area contributed by atoms with Crippen LogP contribution in [0.5, 0.6) is 0 Å². The van der Waals surface area contributed by atoms with Crippen LogP contribution in [0.3, 0.4) is 0 Å². The summed E-state index contributed by atoms with van der Waals surface area (Å²) in [6, 6.07) is 3.76. The van der Waals surface area contributed by atoms with Gasteiger partial charge in [0.15, 0.2) is 0 Å². The Morgan fingerprint density at radius 1 is 0.273 bits per heavy atom. The van der Waals surface area contributed by atoms with Crippen molar-refractivity contribution in [1.29, 1.82) is 0 Å². The molecule has 40 N–H and O–H groups in total. The molecule has 5 rings (SSSR count). The predicted octanol–water partition coefficient (Wildman–Crippen LogP) is -2.76. The van der Waals surface area contributed by atoms with Gasteiger partial charge in [0.2, 0.25) is 0 Å². The predicted molar refractivity (Wildman–Crippen MR) is 233 cm³/mol. The van der Waals surface area contributed by atoms with Crippen molar-refractivity contribution in [1.82, 2.24) is 0 Å². The molecule has 0 aromatic heterocycles. The van der Waals surface area contributed by atoms with Crippen LogP contribution in [-0.2, 0) is 21.7 Å². The van der Waals surface area contributed by atoms with Crippen LogP contribution in [0.1, 0.15) is 22.3 Å². The molecule has 21 heteroatoms. The molecule has 55 heavy (non-hydrogen) atoms. The molecule has 5 aromatic rings. The summed E-state index contributed by atoms with van der Waals surface area (Å²) in [5.41, 5.74) is 133. The van der Waals surface area contributed by atoms with Crippen molar-refractivity contribution in [3.05, 3.63) is 34.4 Å². The van der Waals surface area contributed by atoms with Crippen LogP contribution in [0.4, 0.5) is 114 Å². The molecule has 0 heterocycles. The van der Waals surface area contributed by atoms with E-state index in [-0.39, 0.29) is 127 Å². The van der Waals surface area contributed by atoms with Crippen LogP contribution in [0, 0.1) is 0 Å². The first-order valence-corrected chi connectivity index (χ1v) is 19.4. The van der Waals surface area contributed by atoms with Gasteiger partial charge in [-0.3, -0.25) is 0 Å². The third-order valence-corrected chi connectivity index (χ3v) is 12.7. The first kappa shape index (κ1) is 39.0. The summed E-state index contributed by atoms with van der Waals surface area (Å²) in [5.74, 6) is 0. The topological polar surface area (TPSA) is 520 Å². The van der Waals surface area contributed by atoms with Crippen molar-refractivity contribution in [2.75, 3.05) is 115 Å². The molecule has 0 bridgehead atoms. The number of rotatable bonds is 9. The molecule has 0 fully saturated rings. The molecule has 0 aliphatic heterocycles. The standard InChI is InChI=1S/C34H50IN20/c36-15-9(16(37)24(45)31(52)23(15)44)2-1-7-3-11(14-21(42)29(50)34(55)30(51)22(14)43)8(4-10(7)13-19(40)27(48)33(54)28(49)20(13)41)5-35-6-12-17(38)25(46)32(53)26(47)18(12)39/h3-4H,1-2,5-6,36-55H2/q-1. The minimum absolute atomic E-state index is 0.0435. The summed E-state index contributed by atoms with van der Waals surface area (Å²) in [4.78, 5) is 0. The molecule has 0 spiro atoms. The second-order valence-electron chi connectivity index (χ2n) is 13.1. The van der Waals surface area contributed by atoms with E-state index in [2.05, 4.69) is 0 Å². The van der Waals surface area contributed by atoms with Gasteiger partial charge in [-0.25, -0.2) is 0 Å². The van der Waals surface area contributed by atoms with Crippen LogP contribution < -0.4 is 136 Å². The number of nitrogen functional groups attached to an aromatic ring is 20. The van der Waals surface area contributed by atoms with Crippen molar-refractivity contribution >= 4 is 114 Å². The Morgan fingerprint density at radius 3 is 0.909 bits per heavy atom. The molecule has 0 aliphatic carbocycles. The minimum atomic E-state index is -0.829. The van der Waals surface area contributed by atoms with Gasteiger partial charge in [-0.15, -0.1) is 0 Å². The maximum absolute atomic E-state index is 6.65. The summed E-state index contributed by atoms with van der Waals surface area (Å²) >= 11 is -0.829. The second-order valence-corrected chi connectivity index (χ2v) is 15.7. The van der Waals surface area contributed by atoms with Crippen LogP contribution in [0.25, 0.3) is 22.3 Å². The fourth-order valence-electron chi connectivity index (χ4n) is 6.48. The van der Waals surface area contributed by atoms with E-state index in [1.54, 1.807) is 0 Å². The maximum atomic E-state index is 6.65. The molecule has 294 valence electrons. The Hall–Kier alpha value is -7.17. The number of hydrogen-bond acceptors (Lipinski definition) is 20. The Bertz CT molecular complexity index is 2310. The third kappa shape index (κ3) is 6.14. The van der Waals surface area contributed by atoms with Crippen molar-refractivity contribution in [2.24, 2.45) is 0 Å². The summed E-state index contributed by atoms with van der Waals surface area (Å²) in [6.07, 6.45) is 0.467. The van der Waals surface area contributed by atoms with Gasteiger partial charge < -0.3 is 0 Å². The van der Waals surface area contributed by atoms with E-state index in [9.17, 15) is 0 Å². The summed E-state index contributed by atoms with van der Waals surface area (Å²) in [5, 5.41) is 0. The molecule has 5 aromatic carbocycles. The molecular formula is C34H50IN20-. The monoisotopic (exact) mass is 865 g/mol. The molecule has 0 aliphatic rings. The van der Waals surface area contributed by atoms with Gasteiger partial charge in [0.1, 0.15) is 0 Å². The van der Waals surface area contributed by atoms with Crippen LogP contribution in [-0.4, -0.2) is 0 Å². The number of anilines is 20. The Balaban J connectivity index is 1.81. The Labute approximate surface area is 326 Å². The first-order valence-electron chi connectivity index (χ1n) is 16.4. The second kappa shape index (κ2) is 14.0. The molecular weight excluding hydrogens is 815 g/mol. The number of benzene rings is 5.